The number of rotatable bonds is 7. The lowest BCUT2D eigenvalue weighted by Crippen LogP contribution is -2.35. The van der Waals surface area contributed by atoms with Crippen LogP contribution in [0.15, 0.2) is 0 Å². The van der Waals surface area contributed by atoms with Crippen LogP contribution in [0, 0.1) is 0 Å². The summed E-state index contributed by atoms with van der Waals surface area (Å²) in [6.45, 7) is 7.95. The van der Waals surface area contributed by atoms with Gasteiger partial charge in [-0.25, -0.2) is 0 Å². The second-order valence-corrected chi connectivity index (χ2v) is 5.12. The van der Waals surface area contributed by atoms with E-state index in [4.69, 9.17) is 10.5 Å². The Balaban J connectivity index is 1.89. The fourth-order valence-corrected chi connectivity index (χ4v) is 2.26. The molecule has 2 heterocycles. The molecule has 1 aromatic rings. The number of ether oxygens (including phenoxy) is 1. The first kappa shape index (κ1) is 14.8. The van der Waals surface area contributed by atoms with Gasteiger partial charge < -0.3 is 15.8 Å². The van der Waals surface area contributed by atoms with Gasteiger partial charge in [-0.05, 0) is 39.3 Å². The van der Waals surface area contributed by atoms with E-state index in [9.17, 15) is 0 Å². The Morgan fingerprint density at radius 1 is 1.30 bits per heavy atom. The number of hydrogen-bond acceptors (Lipinski definition) is 7. The van der Waals surface area contributed by atoms with Crippen LogP contribution < -0.4 is 15.8 Å². The van der Waals surface area contributed by atoms with Crippen molar-refractivity contribution in [1.29, 1.82) is 0 Å². The predicted molar refractivity (Wildman–Crippen MR) is 78.8 cm³/mol. The van der Waals surface area contributed by atoms with Crippen LogP contribution in [-0.4, -0.2) is 52.1 Å². The summed E-state index contributed by atoms with van der Waals surface area (Å²) in [6, 6.07) is 0.742. The summed E-state index contributed by atoms with van der Waals surface area (Å²) in [5, 5.41) is 3.22. The van der Waals surface area contributed by atoms with Crippen molar-refractivity contribution >= 4 is 11.9 Å². The van der Waals surface area contributed by atoms with E-state index in [0.29, 0.717) is 18.6 Å². The molecule has 0 amide bonds. The highest BCUT2D eigenvalue weighted by Crippen LogP contribution is 2.13. The lowest BCUT2D eigenvalue weighted by Gasteiger charge is -2.23. The molecule has 0 aromatic carbocycles. The summed E-state index contributed by atoms with van der Waals surface area (Å²) in [5.41, 5.74) is 5.67. The zero-order valence-corrected chi connectivity index (χ0v) is 12.3. The van der Waals surface area contributed by atoms with Crippen molar-refractivity contribution < 1.29 is 4.74 Å². The van der Waals surface area contributed by atoms with E-state index in [2.05, 4.69) is 32.1 Å². The minimum Gasteiger partial charge on any atom is -0.463 e. The zero-order valence-electron chi connectivity index (χ0n) is 12.3. The maximum absolute atomic E-state index is 5.67. The minimum absolute atomic E-state index is 0.183. The second-order valence-electron chi connectivity index (χ2n) is 5.12. The van der Waals surface area contributed by atoms with E-state index < -0.39 is 0 Å². The fraction of sp³-hybridized carbons (Fsp3) is 0.769. The topological polar surface area (TPSA) is 89.2 Å². The van der Waals surface area contributed by atoms with E-state index in [1.807, 2.05) is 6.92 Å². The number of likely N-dealkylation sites (tertiary alicyclic amines) is 1. The molecule has 0 aliphatic carbocycles. The van der Waals surface area contributed by atoms with Crippen LogP contribution >= 0.6 is 0 Å². The molecule has 0 bridgehead atoms. The highest BCUT2D eigenvalue weighted by Gasteiger charge is 2.18. The van der Waals surface area contributed by atoms with Crippen LogP contribution in [0.25, 0.3) is 0 Å². The van der Waals surface area contributed by atoms with Crippen molar-refractivity contribution in [1.82, 2.24) is 19.9 Å². The molecule has 3 N–H and O–H groups in total. The molecule has 1 fully saturated rings. The normalized spacial score (nSPS) is 17.1. The molecule has 7 heteroatoms. The van der Waals surface area contributed by atoms with Gasteiger partial charge >= 0.3 is 6.01 Å². The van der Waals surface area contributed by atoms with Crippen molar-refractivity contribution in [2.75, 3.05) is 37.3 Å². The Morgan fingerprint density at radius 2 is 2.05 bits per heavy atom. The molecule has 0 radical (unpaired) electrons. The van der Waals surface area contributed by atoms with Gasteiger partial charge in [0.15, 0.2) is 0 Å². The monoisotopic (exact) mass is 280 g/mol. The molecule has 1 saturated heterocycles. The van der Waals surface area contributed by atoms with Gasteiger partial charge in [0.25, 0.3) is 0 Å². The standard InChI is InChI=1S/C13H24N6O/c1-3-8-20-13-17-11(14)16-12(18-13)15-9-10(2)19-6-4-5-7-19/h10H,3-9H2,1-2H3,(H3,14,15,16,17,18). The average molecular weight is 280 g/mol. The fourth-order valence-electron chi connectivity index (χ4n) is 2.26. The second kappa shape index (κ2) is 7.23. The number of aromatic nitrogens is 3. The third kappa shape index (κ3) is 4.19. The number of anilines is 2. The first-order chi connectivity index (χ1) is 9.69. The number of nitrogens with one attached hydrogen (secondary N) is 1. The van der Waals surface area contributed by atoms with Crippen LogP contribution in [0.2, 0.25) is 0 Å². The Kier molecular flexibility index (Phi) is 5.34. The zero-order chi connectivity index (χ0) is 14.4. The molecule has 0 saturated carbocycles. The third-order valence-electron chi connectivity index (χ3n) is 3.39. The highest BCUT2D eigenvalue weighted by atomic mass is 16.5. The quantitative estimate of drug-likeness (QED) is 0.774. The molecule has 7 nitrogen and oxygen atoms in total. The first-order valence-corrected chi connectivity index (χ1v) is 7.31. The van der Waals surface area contributed by atoms with Crippen molar-refractivity contribution in [2.24, 2.45) is 0 Å². The molecule has 1 aliphatic heterocycles. The number of nitrogens with zero attached hydrogens (tertiary/aromatic N) is 4. The average Bonchev–Trinajstić information content (AvgIpc) is 2.96. The van der Waals surface area contributed by atoms with Gasteiger partial charge in [-0.3, -0.25) is 4.90 Å². The maximum atomic E-state index is 5.67. The maximum Gasteiger partial charge on any atom is 0.323 e. The summed E-state index contributed by atoms with van der Waals surface area (Å²) in [7, 11) is 0. The lowest BCUT2D eigenvalue weighted by atomic mass is 10.3. The van der Waals surface area contributed by atoms with E-state index in [1.165, 1.54) is 25.9 Å². The molecule has 1 aromatic heterocycles. The van der Waals surface area contributed by atoms with Crippen LogP contribution in [0.1, 0.15) is 33.1 Å². The van der Waals surface area contributed by atoms with Gasteiger partial charge in [0.2, 0.25) is 11.9 Å². The minimum atomic E-state index is 0.183. The summed E-state index contributed by atoms with van der Waals surface area (Å²) < 4.78 is 5.39. The molecular weight excluding hydrogens is 256 g/mol. The lowest BCUT2D eigenvalue weighted by molar-refractivity contribution is 0.268. The van der Waals surface area contributed by atoms with Gasteiger partial charge in [-0.1, -0.05) is 6.92 Å². The number of hydrogen-bond donors (Lipinski definition) is 2. The third-order valence-corrected chi connectivity index (χ3v) is 3.39. The first-order valence-electron chi connectivity index (χ1n) is 7.31. The van der Waals surface area contributed by atoms with Crippen molar-refractivity contribution in [3.8, 4) is 6.01 Å². The number of nitrogen functional groups attached to an aromatic ring is 1. The van der Waals surface area contributed by atoms with Crippen molar-refractivity contribution in [2.45, 2.75) is 39.2 Å². The summed E-state index contributed by atoms with van der Waals surface area (Å²) in [4.78, 5) is 14.7. The SMILES string of the molecule is CCCOc1nc(N)nc(NCC(C)N2CCCC2)n1. The summed E-state index contributed by atoms with van der Waals surface area (Å²) in [6.07, 6.45) is 3.48. The molecule has 2 rings (SSSR count). The Morgan fingerprint density at radius 3 is 2.75 bits per heavy atom. The van der Waals surface area contributed by atoms with E-state index in [1.54, 1.807) is 0 Å². The molecule has 1 aliphatic rings. The molecule has 112 valence electrons. The van der Waals surface area contributed by atoms with Crippen LogP contribution in [0.4, 0.5) is 11.9 Å². The summed E-state index contributed by atoms with van der Waals surface area (Å²) >= 11 is 0. The Labute approximate surface area is 119 Å². The van der Waals surface area contributed by atoms with Gasteiger partial charge in [-0.2, -0.15) is 15.0 Å². The number of nitrogens with two attached hydrogens (primary N) is 1. The molecule has 0 spiro atoms. The molecular formula is C13H24N6O. The van der Waals surface area contributed by atoms with Gasteiger partial charge in [0, 0.05) is 12.6 Å². The van der Waals surface area contributed by atoms with E-state index in [-0.39, 0.29) is 12.0 Å². The smallest absolute Gasteiger partial charge is 0.323 e. The van der Waals surface area contributed by atoms with Crippen molar-refractivity contribution in [3.05, 3.63) is 0 Å². The van der Waals surface area contributed by atoms with Crippen LogP contribution in [0.3, 0.4) is 0 Å². The summed E-state index contributed by atoms with van der Waals surface area (Å²) in [5.74, 6) is 0.664. The predicted octanol–water partition coefficient (Wildman–Crippen LogP) is 1.14. The van der Waals surface area contributed by atoms with Gasteiger partial charge in [0.05, 0.1) is 6.61 Å². The molecule has 1 atom stereocenters. The Hall–Kier alpha value is -1.63. The molecule has 20 heavy (non-hydrogen) atoms. The van der Waals surface area contributed by atoms with Crippen molar-refractivity contribution in [3.63, 3.8) is 0 Å². The van der Waals surface area contributed by atoms with Crippen LogP contribution in [-0.2, 0) is 0 Å². The molecule has 1 unspecified atom stereocenters. The largest absolute Gasteiger partial charge is 0.463 e. The van der Waals surface area contributed by atoms with E-state index >= 15 is 0 Å². The van der Waals surface area contributed by atoms with Gasteiger partial charge in [-0.15, -0.1) is 0 Å². The van der Waals surface area contributed by atoms with E-state index in [0.717, 1.165) is 13.0 Å². The van der Waals surface area contributed by atoms with Gasteiger partial charge in [0.1, 0.15) is 0 Å². The highest BCUT2D eigenvalue weighted by molar-refractivity contribution is 5.32. The van der Waals surface area contributed by atoms with Crippen LogP contribution in [0.5, 0.6) is 6.01 Å². The Bertz CT molecular complexity index is 421.